The molecule has 3 heterocycles. The molecule has 2 aromatic carbocycles. The number of nitrogens with one attached hydrogen (secondary N) is 3. The summed E-state index contributed by atoms with van der Waals surface area (Å²) in [6.45, 7) is 12.8. The minimum Gasteiger partial charge on any atom is -0.348 e. The lowest BCUT2D eigenvalue weighted by atomic mass is 9.98. The fraction of sp³-hybridized carbons (Fsp3) is 0.350. The van der Waals surface area contributed by atoms with Gasteiger partial charge in [-0.15, -0.1) is 0 Å². The normalized spacial score (nSPS) is 12.0. The van der Waals surface area contributed by atoms with Crippen molar-refractivity contribution < 1.29 is 25.6 Å². The molecule has 0 spiro atoms. The third kappa shape index (κ3) is 10.9. The molecule has 308 valence electrons. The Morgan fingerprint density at radius 1 is 0.754 bits per heavy atom. The van der Waals surface area contributed by atoms with Crippen LogP contribution >= 0.6 is 0 Å². The highest BCUT2D eigenvalue weighted by molar-refractivity contribution is 7.90. The molecule has 13 nitrogen and oxygen atoms in total. The summed E-state index contributed by atoms with van der Waals surface area (Å²) in [7, 11) is -3.50. The molecule has 3 aromatic heterocycles. The monoisotopic (exact) mass is 827 g/mol. The standard InChI is InChI=1S/C20H23FN4O3S.C20H28FN3O3S/c1-13-7-8-15(14(2)10-13)11-16-17(23-29(27,28)24(3)4)12-25(20(26)19(16)21)18-6-5-9-22-18;1-13(2)24(14(3)4)28(26,27)22-19-12-23(6)20(25)11-17(19)10-16-8-7-15(5)9-18(16)21/h5-10,12,22-23H,11H2,1-4H3;7-9,11-14,22H,10H2,1-6H3. The minimum atomic E-state index is -3.91. The SMILES string of the molecule is Cc1ccc(Cc2c(NS(=O)(=O)N(C)C)cn(-c3ccc[nH]3)c(=O)c2F)c(C)c1.Cc1ccc(Cc2cc(=O)n(C)cc2NS(=O)(=O)N(C(C)C)C(C)C)c(F)c1. The van der Waals surface area contributed by atoms with E-state index >= 15 is 4.39 Å². The van der Waals surface area contributed by atoms with Crippen LogP contribution in [-0.4, -0.2) is 65.7 Å². The maximum Gasteiger partial charge on any atom is 0.302 e. The highest BCUT2D eigenvalue weighted by atomic mass is 32.2. The van der Waals surface area contributed by atoms with Crippen molar-refractivity contribution in [2.75, 3.05) is 23.5 Å². The van der Waals surface area contributed by atoms with Gasteiger partial charge in [0.2, 0.25) is 0 Å². The number of aromatic nitrogens is 3. The van der Waals surface area contributed by atoms with Gasteiger partial charge in [0.1, 0.15) is 11.6 Å². The van der Waals surface area contributed by atoms with E-state index in [2.05, 4.69) is 14.4 Å². The maximum atomic E-state index is 15.2. The van der Waals surface area contributed by atoms with Crippen LogP contribution in [0.15, 0.2) is 82.8 Å². The number of aromatic amines is 1. The van der Waals surface area contributed by atoms with Crippen molar-refractivity contribution in [1.29, 1.82) is 0 Å². The van der Waals surface area contributed by atoms with E-state index in [1.54, 1.807) is 72.1 Å². The zero-order valence-corrected chi connectivity index (χ0v) is 35.4. The predicted molar refractivity (Wildman–Crippen MR) is 222 cm³/mol. The average Bonchev–Trinajstić information content (AvgIpc) is 3.63. The molecule has 0 fully saturated rings. The van der Waals surface area contributed by atoms with Crippen molar-refractivity contribution in [2.45, 2.75) is 73.4 Å². The van der Waals surface area contributed by atoms with Gasteiger partial charge in [0.15, 0.2) is 5.82 Å². The predicted octanol–water partition coefficient (Wildman–Crippen LogP) is 5.93. The second kappa shape index (κ2) is 18.0. The first-order valence-corrected chi connectivity index (χ1v) is 21.0. The molecule has 0 amide bonds. The first-order chi connectivity index (χ1) is 26.5. The smallest absolute Gasteiger partial charge is 0.302 e. The van der Waals surface area contributed by atoms with Crippen LogP contribution in [0.25, 0.3) is 5.82 Å². The van der Waals surface area contributed by atoms with Gasteiger partial charge < -0.3 is 9.55 Å². The van der Waals surface area contributed by atoms with Crippen LogP contribution in [0.3, 0.4) is 0 Å². The van der Waals surface area contributed by atoms with Gasteiger partial charge in [-0.05, 0) is 94.5 Å². The van der Waals surface area contributed by atoms with Gasteiger partial charge in [0.25, 0.3) is 11.1 Å². The van der Waals surface area contributed by atoms with Crippen LogP contribution < -0.4 is 20.6 Å². The summed E-state index contributed by atoms with van der Waals surface area (Å²) < 4.78 is 89.9. The molecule has 3 N–H and O–H groups in total. The molecule has 0 aliphatic heterocycles. The van der Waals surface area contributed by atoms with Crippen LogP contribution in [-0.2, 0) is 40.3 Å². The lowest BCUT2D eigenvalue weighted by molar-refractivity contribution is 0.304. The highest BCUT2D eigenvalue weighted by Crippen LogP contribution is 2.26. The lowest BCUT2D eigenvalue weighted by Gasteiger charge is -2.30. The van der Waals surface area contributed by atoms with Gasteiger partial charge >= 0.3 is 20.4 Å². The Morgan fingerprint density at radius 3 is 1.89 bits per heavy atom. The van der Waals surface area contributed by atoms with Gasteiger partial charge in [0.05, 0.1) is 11.4 Å². The van der Waals surface area contributed by atoms with E-state index in [-0.39, 0.29) is 53.2 Å². The van der Waals surface area contributed by atoms with Crippen LogP contribution in [0.4, 0.5) is 20.2 Å². The molecule has 0 bridgehead atoms. The number of hydrogen-bond donors (Lipinski definition) is 3. The molecule has 57 heavy (non-hydrogen) atoms. The van der Waals surface area contributed by atoms with E-state index in [4.69, 9.17) is 0 Å². The van der Waals surface area contributed by atoms with Crippen molar-refractivity contribution >= 4 is 31.8 Å². The van der Waals surface area contributed by atoms with Crippen molar-refractivity contribution in [3.8, 4) is 5.82 Å². The maximum absolute atomic E-state index is 15.2. The Balaban J connectivity index is 0.000000253. The number of rotatable bonds is 13. The number of hydrogen-bond acceptors (Lipinski definition) is 6. The third-order valence-corrected chi connectivity index (χ3v) is 12.4. The molecular weight excluding hydrogens is 777 g/mol. The highest BCUT2D eigenvalue weighted by Gasteiger charge is 2.29. The molecule has 0 aliphatic carbocycles. The van der Waals surface area contributed by atoms with E-state index in [0.29, 0.717) is 16.9 Å². The zero-order chi connectivity index (χ0) is 42.6. The summed E-state index contributed by atoms with van der Waals surface area (Å²) in [6.07, 6.45) is 4.50. The zero-order valence-electron chi connectivity index (χ0n) is 33.8. The van der Waals surface area contributed by atoms with Crippen LogP contribution in [0.1, 0.15) is 66.6 Å². The summed E-state index contributed by atoms with van der Waals surface area (Å²) in [6, 6.07) is 14.6. The van der Waals surface area contributed by atoms with E-state index in [1.807, 2.05) is 32.0 Å². The molecule has 5 rings (SSSR count). The van der Waals surface area contributed by atoms with E-state index in [1.165, 1.54) is 47.5 Å². The summed E-state index contributed by atoms with van der Waals surface area (Å²) in [5.41, 5.74) is 3.49. The number of anilines is 2. The molecule has 5 aromatic rings. The second-order valence-corrected chi connectivity index (χ2v) is 18.1. The Morgan fingerprint density at radius 2 is 1.35 bits per heavy atom. The summed E-state index contributed by atoms with van der Waals surface area (Å²) >= 11 is 0. The average molecular weight is 828 g/mol. The molecule has 0 unspecified atom stereocenters. The van der Waals surface area contributed by atoms with Gasteiger partial charge in [-0.3, -0.25) is 23.6 Å². The molecule has 17 heteroatoms. The van der Waals surface area contributed by atoms with Crippen molar-refractivity contribution in [3.05, 3.63) is 144 Å². The first-order valence-electron chi connectivity index (χ1n) is 18.1. The Hall–Kier alpha value is -5.10. The Labute approximate surface area is 333 Å². The van der Waals surface area contributed by atoms with Gasteiger partial charge in [-0.1, -0.05) is 35.9 Å². The minimum absolute atomic E-state index is 0.00446. The fourth-order valence-electron chi connectivity index (χ4n) is 6.24. The third-order valence-electron chi connectivity index (χ3n) is 9.12. The number of aryl methyl sites for hydroxylation is 4. The largest absolute Gasteiger partial charge is 0.348 e. The summed E-state index contributed by atoms with van der Waals surface area (Å²) in [5, 5.41) is 0. The molecular formula is C40H51F2N7O6S2. The van der Waals surface area contributed by atoms with Crippen molar-refractivity contribution in [2.24, 2.45) is 7.05 Å². The van der Waals surface area contributed by atoms with Crippen LogP contribution in [0.5, 0.6) is 0 Å². The van der Waals surface area contributed by atoms with E-state index < -0.39 is 31.8 Å². The molecule has 0 radical (unpaired) electrons. The topological polar surface area (TPSA) is 159 Å². The van der Waals surface area contributed by atoms with Crippen LogP contribution in [0.2, 0.25) is 0 Å². The number of nitrogens with zero attached hydrogens (tertiary/aromatic N) is 4. The van der Waals surface area contributed by atoms with Crippen molar-refractivity contribution in [1.82, 2.24) is 22.7 Å². The van der Waals surface area contributed by atoms with Gasteiger partial charge in [0, 0.05) is 76.3 Å². The van der Waals surface area contributed by atoms with Crippen LogP contribution in [0, 0.1) is 32.4 Å². The number of H-pyrrole nitrogens is 1. The van der Waals surface area contributed by atoms with Crippen molar-refractivity contribution in [3.63, 3.8) is 0 Å². The van der Waals surface area contributed by atoms with E-state index in [9.17, 15) is 30.8 Å². The number of pyridine rings is 2. The fourth-order valence-corrected chi connectivity index (χ4v) is 8.56. The first kappa shape index (κ1) is 44.6. The molecule has 0 saturated carbocycles. The van der Waals surface area contributed by atoms with Gasteiger partial charge in [-0.25, -0.2) is 8.78 Å². The van der Waals surface area contributed by atoms with Gasteiger partial charge in [-0.2, -0.15) is 25.4 Å². The number of halogens is 2. The summed E-state index contributed by atoms with van der Waals surface area (Å²) in [5.74, 6) is -1.06. The molecule has 0 aliphatic rings. The summed E-state index contributed by atoms with van der Waals surface area (Å²) in [4.78, 5) is 27.6. The molecule has 0 saturated heterocycles. The molecule has 0 atom stereocenters. The Kier molecular flexibility index (Phi) is 14.1. The van der Waals surface area contributed by atoms with E-state index in [0.717, 1.165) is 31.1 Å². The second-order valence-electron chi connectivity index (χ2n) is 14.6. The Bertz CT molecular complexity index is 2560. The quantitative estimate of drug-likeness (QED) is 0.134. The number of benzene rings is 2. The lowest BCUT2D eigenvalue weighted by Crippen LogP contribution is -2.45.